The molecule has 3 fully saturated rings. The Bertz CT molecular complexity index is 384. The summed E-state index contributed by atoms with van der Waals surface area (Å²) in [5.74, 6) is -1.77. The number of carbonyl (C=O) groups is 2. The molecule has 3 rings (SSSR count). The molecule has 2 saturated heterocycles. The largest absolute Gasteiger partial charge is 0.481 e. The molecule has 1 amide bonds. The Labute approximate surface area is 112 Å². The van der Waals surface area contributed by atoms with Crippen molar-refractivity contribution in [1.29, 1.82) is 0 Å². The first kappa shape index (κ1) is 12.9. The van der Waals surface area contributed by atoms with E-state index in [9.17, 15) is 14.7 Å². The first-order valence-corrected chi connectivity index (χ1v) is 7.34. The zero-order chi connectivity index (χ0) is 13.4. The van der Waals surface area contributed by atoms with Gasteiger partial charge in [-0.25, -0.2) is 0 Å². The second-order valence-electron chi connectivity index (χ2n) is 6.06. The number of nitrogens with one attached hydrogen (secondary N) is 1. The molecule has 0 aromatic heterocycles. The minimum absolute atomic E-state index is 0.0757. The lowest BCUT2D eigenvalue weighted by molar-refractivity contribution is -0.149. The van der Waals surface area contributed by atoms with Crippen molar-refractivity contribution >= 4 is 11.9 Å². The average Bonchev–Trinajstić information content (AvgIpc) is 3.01. The van der Waals surface area contributed by atoms with E-state index in [1.54, 1.807) is 0 Å². The molecule has 2 N–H and O–H groups in total. The second-order valence-corrected chi connectivity index (χ2v) is 6.06. The maximum absolute atomic E-state index is 12.3. The SMILES string of the molecule is O=C(O)[C@H]1CCCC[C@H]1C(=O)NC1CC2CCC1O2. The second kappa shape index (κ2) is 5.12. The van der Waals surface area contributed by atoms with Crippen LogP contribution in [0.1, 0.15) is 44.9 Å². The van der Waals surface area contributed by atoms with E-state index in [4.69, 9.17) is 4.74 Å². The van der Waals surface area contributed by atoms with E-state index in [1.165, 1.54) is 0 Å². The highest BCUT2D eigenvalue weighted by Crippen LogP contribution is 2.35. The first-order valence-electron chi connectivity index (χ1n) is 7.34. The number of aliphatic carboxylic acids is 1. The molecule has 1 aliphatic carbocycles. The zero-order valence-corrected chi connectivity index (χ0v) is 11.0. The number of fused-ring (bicyclic) bond motifs is 2. The molecule has 5 heteroatoms. The van der Waals surface area contributed by atoms with Crippen molar-refractivity contribution in [2.45, 2.75) is 63.2 Å². The number of rotatable bonds is 3. The van der Waals surface area contributed by atoms with Crippen LogP contribution in [-0.4, -0.2) is 35.2 Å². The van der Waals surface area contributed by atoms with Gasteiger partial charge < -0.3 is 15.2 Å². The summed E-state index contributed by atoms with van der Waals surface area (Å²) in [5.41, 5.74) is 0. The summed E-state index contributed by atoms with van der Waals surface area (Å²) in [6, 6.07) is 0.0996. The maximum atomic E-state index is 12.3. The number of hydrogen-bond acceptors (Lipinski definition) is 3. The van der Waals surface area contributed by atoms with Crippen LogP contribution in [0.25, 0.3) is 0 Å². The Morgan fingerprint density at radius 3 is 2.37 bits per heavy atom. The summed E-state index contributed by atoms with van der Waals surface area (Å²) in [6.07, 6.45) is 6.65. The van der Waals surface area contributed by atoms with E-state index < -0.39 is 11.9 Å². The molecule has 0 radical (unpaired) electrons. The third-order valence-corrected chi connectivity index (χ3v) is 4.85. The molecule has 5 atom stereocenters. The molecule has 3 aliphatic rings. The van der Waals surface area contributed by atoms with E-state index in [-0.39, 0.29) is 24.0 Å². The summed E-state index contributed by atoms with van der Waals surface area (Å²) in [5, 5.41) is 12.3. The monoisotopic (exact) mass is 267 g/mol. The van der Waals surface area contributed by atoms with Crippen LogP contribution in [0.2, 0.25) is 0 Å². The summed E-state index contributed by atoms with van der Waals surface area (Å²) in [7, 11) is 0. The molecule has 0 aromatic carbocycles. The Morgan fingerprint density at radius 1 is 1.05 bits per heavy atom. The first-order chi connectivity index (χ1) is 9.15. The third kappa shape index (κ3) is 2.48. The van der Waals surface area contributed by atoms with Gasteiger partial charge in [0.15, 0.2) is 0 Å². The smallest absolute Gasteiger partial charge is 0.307 e. The van der Waals surface area contributed by atoms with Crippen molar-refractivity contribution in [2.24, 2.45) is 11.8 Å². The minimum atomic E-state index is -0.830. The Balaban J connectivity index is 1.61. The molecule has 2 aliphatic heterocycles. The highest BCUT2D eigenvalue weighted by atomic mass is 16.5. The van der Waals surface area contributed by atoms with E-state index in [1.807, 2.05) is 0 Å². The quantitative estimate of drug-likeness (QED) is 0.808. The predicted molar refractivity (Wildman–Crippen MR) is 67.5 cm³/mol. The van der Waals surface area contributed by atoms with Crippen LogP contribution in [0, 0.1) is 11.8 Å². The fraction of sp³-hybridized carbons (Fsp3) is 0.857. The van der Waals surface area contributed by atoms with Gasteiger partial charge in [0.2, 0.25) is 5.91 Å². The summed E-state index contributed by atoms with van der Waals surface area (Å²) < 4.78 is 5.72. The fourth-order valence-corrected chi connectivity index (χ4v) is 3.82. The van der Waals surface area contributed by atoms with Gasteiger partial charge in [0.1, 0.15) is 0 Å². The van der Waals surface area contributed by atoms with Crippen molar-refractivity contribution in [3.63, 3.8) is 0 Å². The van der Waals surface area contributed by atoms with Gasteiger partial charge >= 0.3 is 5.97 Å². The summed E-state index contributed by atoms with van der Waals surface area (Å²) >= 11 is 0. The van der Waals surface area contributed by atoms with Crippen LogP contribution in [0.5, 0.6) is 0 Å². The number of hydrogen-bond donors (Lipinski definition) is 2. The molecule has 2 heterocycles. The number of ether oxygens (including phenoxy) is 1. The lowest BCUT2D eigenvalue weighted by Crippen LogP contribution is -2.47. The van der Waals surface area contributed by atoms with E-state index in [0.717, 1.165) is 32.1 Å². The van der Waals surface area contributed by atoms with Gasteiger partial charge in [-0.15, -0.1) is 0 Å². The van der Waals surface area contributed by atoms with Crippen molar-refractivity contribution in [3.8, 4) is 0 Å². The number of amides is 1. The van der Waals surface area contributed by atoms with Crippen LogP contribution >= 0.6 is 0 Å². The molecule has 2 bridgehead atoms. The molecule has 19 heavy (non-hydrogen) atoms. The Morgan fingerprint density at radius 2 is 1.79 bits per heavy atom. The highest BCUT2D eigenvalue weighted by molar-refractivity contribution is 5.85. The van der Waals surface area contributed by atoms with Gasteiger partial charge in [0.05, 0.1) is 30.1 Å². The molecule has 5 nitrogen and oxygen atoms in total. The van der Waals surface area contributed by atoms with E-state index >= 15 is 0 Å². The Kier molecular flexibility index (Phi) is 3.48. The van der Waals surface area contributed by atoms with Gasteiger partial charge in [-0.1, -0.05) is 12.8 Å². The lowest BCUT2D eigenvalue weighted by atomic mass is 9.78. The van der Waals surface area contributed by atoms with Crippen molar-refractivity contribution in [3.05, 3.63) is 0 Å². The Hall–Kier alpha value is -1.10. The van der Waals surface area contributed by atoms with Crippen molar-refractivity contribution < 1.29 is 19.4 Å². The number of carbonyl (C=O) groups excluding carboxylic acids is 1. The van der Waals surface area contributed by atoms with Crippen molar-refractivity contribution in [2.75, 3.05) is 0 Å². The zero-order valence-electron chi connectivity index (χ0n) is 11.0. The molecule has 3 unspecified atom stereocenters. The van der Waals surface area contributed by atoms with Gasteiger partial charge in [-0.05, 0) is 32.1 Å². The maximum Gasteiger partial charge on any atom is 0.307 e. The highest BCUT2D eigenvalue weighted by Gasteiger charge is 2.43. The van der Waals surface area contributed by atoms with Crippen LogP contribution in [0.15, 0.2) is 0 Å². The fourth-order valence-electron chi connectivity index (χ4n) is 3.82. The molecular formula is C14H21NO4. The molecular weight excluding hydrogens is 246 g/mol. The molecule has 1 saturated carbocycles. The summed E-state index contributed by atoms with van der Waals surface area (Å²) in [6.45, 7) is 0. The molecule has 106 valence electrons. The van der Waals surface area contributed by atoms with Gasteiger partial charge in [-0.2, -0.15) is 0 Å². The van der Waals surface area contributed by atoms with Gasteiger partial charge in [0.25, 0.3) is 0 Å². The summed E-state index contributed by atoms with van der Waals surface area (Å²) in [4.78, 5) is 23.5. The topological polar surface area (TPSA) is 75.6 Å². The van der Waals surface area contributed by atoms with Crippen molar-refractivity contribution in [1.82, 2.24) is 5.32 Å². The average molecular weight is 267 g/mol. The van der Waals surface area contributed by atoms with Crippen LogP contribution in [0.3, 0.4) is 0 Å². The number of carboxylic acid groups (broad SMARTS) is 1. The normalized spacial score (nSPS) is 41.2. The standard InChI is InChI=1S/C14H21NO4/c16-13(9-3-1-2-4-10(9)14(17)18)15-11-7-8-5-6-12(11)19-8/h8-12H,1-7H2,(H,15,16)(H,17,18)/t8?,9-,10+,11?,12?/m1/s1. The lowest BCUT2D eigenvalue weighted by Gasteiger charge is -2.29. The van der Waals surface area contributed by atoms with E-state index in [2.05, 4.69) is 5.32 Å². The van der Waals surface area contributed by atoms with Gasteiger partial charge in [-0.3, -0.25) is 9.59 Å². The van der Waals surface area contributed by atoms with Crippen LogP contribution in [0.4, 0.5) is 0 Å². The molecule has 0 spiro atoms. The van der Waals surface area contributed by atoms with E-state index in [0.29, 0.717) is 18.9 Å². The van der Waals surface area contributed by atoms with Gasteiger partial charge in [0, 0.05) is 0 Å². The third-order valence-electron chi connectivity index (χ3n) is 4.85. The predicted octanol–water partition coefficient (Wildman–Crippen LogP) is 1.31. The van der Waals surface area contributed by atoms with Crippen LogP contribution < -0.4 is 5.32 Å². The van der Waals surface area contributed by atoms with Crippen LogP contribution in [-0.2, 0) is 14.3 Å². The minimum Gasteiger partial charge on any atom is -0.481 e. The molecule has 0 aromatic rings. The number of carboxylic acids is 1.